The molecule has 3 rings (SSSR count). The summed E-state index contributed by atoms with van der Waals surface area (Å²) in [7, 11) is 1.92. The molecule has 2 aromatic rings. The van der Waals surface area contributed by atoms with E-state index < -0.39 is 0 Å². The molecule has 3 nitrogen and oxygen atoms in total. The largest absolute Gasteiger partial charge is 0.373 e. The minimum atomic E-state index is 0.544. The highest BCUT2D eigenvalue weighted by Crippen LogP contribution is 2.33. The van der Waals surface area contributed by atoms with E-state index in [4.69, 9.17) is 0 Å². The molecule has 0 amide bonds. The Morgan fingerprint density at radius 1 is 1.26 bits per heavy atom. The predicted molar refractivity (Wildman–Crippen MR) is 79.6 cm³/mol. The fourth-order valence-electron chi connectivity index (χ4n) is 2.85. The first-order chi connectivity index (χ1) is 9.29. The number of pyridine rings is 1. The Morgan fingerprint density at radius 3 is 2.95 bits per heavy atom. The molecule has 0 saturated carbocycles. The Labute approximate surface area is 114 Å². The van der Waals surface area contributed by atoms with Crippen LogP contribution in [0.25, 0.3) is 0 Å². The quantitative estimate of drug-likeness (QED) is 0.911. The lowest BCUT2D eigenvalue weighted by molar-refractivity contribution is 0.672. The first-order valence-electron chi connectivity index (χ1n) is 6.76. The molecule has 2 heterocycles. The van der Waals surface area contributed by atoms with Crippen molar-refractivity contribution in [2.24, 2.45) is 0 Å². The number of hydrogen-bond acceptors (Lipinski definition) is 3. The molecule has 1 N–H and O–H groups in total. The van der Waals surface area contributed by atoms with Crippen LogP contribution in [-0.2, 0) is 13.0 Å². The molecule has 0 fully saturated rings. The van der Waals surface area contributed by atoms with Crippen molar-refractivity contribution in [3.63, 3.8) is 0 Å². The summed E-state index contributed by atoms with van der Waals surface area (Å²) in [5.41, 5.74) is 4.05. The Bertz CT molecular complexity index is 580. The molecule has 1 unspecified atom stereocenters. The van der Waals surface area contributed by atoms with Crippen LogP contribution in [0.3, 0.4) is 0 Å². The highest BCUT2D eigenvalue weighted by atomic mass is 15.2. The summed E-state index contributed by atoms with van der Waals surface area (Å²) in [6.45, 7) is 3.19. The van der Waals surface area contributed by atoms with Gasteiger partial charge in [0.2, 0.25) is 0 Å². The summed E-state index contributed by atoms with van der Waals surface area (Å²) >= 11 is 0. The minimum absolute atomic E-state index is 0.544. The van der Waals surface area contributed by atoms with E-state index in [1.165, 1.54) is 16.8 Å². The second kappa shape index (κ2) is 4.92. The molecule has 3 heteroatoms. The monoisotopic (exact) mass is 253 g/mol. The van der Waals surface area contributed by atoms with Gasteiger partial charge in [0.1, 0.15) is 5.82 Å². The molecule has 0 aliphatic carbocycles. The highest BCUT2D eigenvalue weighted by molar-refractivity contribution is 5.60. The number of para-hydroxylation sites is 1. The normalized spacial score (nSPS) is 17.4. The molecule has 0 spiro atoms. The SMILES string of the molecule is CNc1ncccc1CN1c2ccccc2CC1C. The second-order valence-corrected chi connectivity index (χ2v) is 5.07. The zero-order valence-electron chi connectivity index (χ0n) is 11.4. The van der Waals surface area contributed by atoms with Gasteiger partial charge in [0.25, 0.3) is 0 Å². The lowest BCUT2D eigenvalue weighted by Gasteiger charge is -2.25. The van der Waals surface area contributed by atoms with Gasteiger partial charge >= 0.3 is 0 Å². The Balaban J connectivity index is 1.91. The number of benzene rings is 1. The van der Waals surface area contributed by atoms with Gasteiger partial charge in [-0.25, -0.2) is 4.98 Å². The molecule has 0 bridgehead atoms. The average molecular weight is 253 g/mol. The third kappa shape index (κ3) is 2.16. The molecule has 1 aliphatic rings. The number of nitrogens with zero attached hydrogens (tertiary/aromatic N) is 2. The molecule has 1 aliphatic heterocycles. The van der Waals surface area contributed by atoms with Crippen molar-refractivity contribution < 1.29 is 0 Å². The van der Waals surface area contributed by atoms with E-state index in [0.29, 0.717) is 6.04 Å². The third-order valence-corrected chi connectivity index (χ3v) is 3.82. The van der Waals surface area contributed by atoms with Crippen molar-refractivity contribution in [2.75, 3.05) is 17.3 Å². The summed E-state index contributed by atoms with van der Waals surface area (Å²) in [5.74, 6) is 0.971. The van der Waals surface area contributed by atoms with Crippen molar-refractivity contribution in [3.8, 4) is 0 Å². The highest BCUT2D eigenvalue weighted by Gasteiger charge is 2.25. The molecular weight excluding hydrogens is 234 g/mol. The van der Waals surface area contributed by atoms with Crippen LogP contribution < -0.4 is 10.2 Å². The summed E-state index contributed by atoms with van der Waals surface area (Å²) in [6.07, 6.45) is 2.96. The molecule has 0 radical (unpaired) electrons. The average Bonchev–Trinajstić information content (AvgIpc) is 2.76. The van der Waals surface area contributed by atoms with Crippen LogP contribution in [0.2, 0.25) is 0 Å². The second-order valence-electron chi connectivity index (χ2n) is 5.07. The van der Waals surface area contributed by atoms with E-state index in [2.05, 4.69) is 52.5 Å². The Hall–Kier alpha value is -2.03. The maximum atomic E-state index is 4.38. The fourth-order valence-corrected chi connectivity index (χ4v) is 2.85. The van der Waals surface area contributed by atoms with E-state index in [0.717, 1.165) is 18.8 Å². The van der Waals surface area contributed by atoms with Crippen molar-refractivity contribution in [1.29, 1.82) is 0 Å². The first kappa shape index (κ1) is 12.0. The van der Waals surface area contributed by atoms with Crippen LogP contribution in [-0.4, -0.2) is 18.1 Å². The van der Waals surface area contributed by atoms with Gasteiger partial charge in [-0.05, 0) is 31.0 Å². The molecule has 19 heavy (non-hydrogen) atoms. The third-order valence-electron chi connectivity index (χ3n) is 3.82. The molecule has 0 saturated heterocycles. The van der Waals surface area contributed by atoms with Gasteiger partial charge < -0.3 is 10.2 Å². The first-order valence-corrected chi connectivity index (χ1v) is 6.76. The summed E-state index contributed by atoms with van der Waals surface area (Å²) in [6, 6.07) is 13.4. The summed E-state index contributed by atoms with van der Waals surface area (Å²) in [5, 5.41) is 3.17. The van der Waals surface area contributed by atoms with Crippen LogP contribution in [0.4, 0.5) is 11.5 Å². The van der Waals surface area contributed by atoms with E-state index in [-0.39, 0.29) is 0 Å². The Kier molecular flexibility index (Phi) is 3.11. The molecule has 1 aromatic heterocycles. The number of fused-ring (bicyclic) bond motifs is 1. The van der Waals surface area contributed by atoms with E-state index in [1.807, 2.05) is 19.3 Å². The topological polar surface area (TPSA) is 28.2 Å². The van der Waals surface area contributed by atoms with Gasteiger partial charge in [0.05, 0.1) is 0 Å². The number of rotatable bonds is 3. The number of anilines is 2. The Morgan fingerprint density at radius 2 is 2.11 bits per heavy atom. The van der Waals surface area contributed by atoms with Crippen LogP contribution in [0, 0.1) is 0 Å². The van der Waals surface area contributed by atoms with Gasteiger partial charge in [0.15, 0.2) is 0 Å². The van der Waals surface area contributed by atoms with E-state index >= 15 is 0 Å². The maximum absolute atomic E-state index is 4.38. The molecule has 1 atom stereocenters. The zero-order valence-corrected chi connectivity index (χ0v) is 11.4. The minimum Gasteiger partial charge on any atom is -0.373 e. The van der Waals surface area contributed by atoms with Gasteiger partial charge in [0, 0.05) is 37.1 Å². The van der Waals surface area contributed by atoms with Crippen LogP contribution >= 0.6 is 0 Å². The fraction of sp³-hybridized carbons (Fsp3) is 0.312. The smallest absolute Gasteiger partial charge is 0.130 e. The lowest BCUT2D eigenvalue weighted by atomic mass is 10.1. The van der Waals surface area contributed by atoms with Crippen molar-refractivity contribution in [3.05, 3.63) is 53.7 Å². The van der Waals surface area contributed by atoms with E-state index in [1.54, 1.807) is 0 Å². The molecule has 98 valence electrons. The number of aromatic nitrogens is 1. The zero-order chi connectivity index (χ0) is 13.2. The summed E-state index contributed by atoms with van der Waals surface area (Å²) < 4.78 is 0. The van der Waals surface area contributed by atoms with Crippen molar-refractivity contribution >= 4 is 11.5 Å². The van der Waals surface area contributed by atoms with Gasteiger partial charge in [-0.2, -0.15) is 0 Å². The van der Waals surface area contributed by atoms with Crippen molar-refractivity contribution in [1.82, 2.24) is 4.98 Å². The van der Waals surface area contributed by atoms with Crippen molar-refractivity contribution in [2.45, 2.75) is 25.9 Å². The maximum Gasteiger partial charge on any atom is 0.130 e. The van der Waals surface area contributed by atoms with Gasteiger partial charge in [-0.15, -0.1) is 0 Å². The van der Waals surface area contributed by atoms with Crippen LogP contribution in [0.15, 0.2) is 42.6 Å². The molecule has 1 aromatic carbocycles. The standard InChI is InChI=1S/C16H19N3/c1-12-10-13-6-3-4-8-15(13)19(12)11-14-7-5-9-18-16(14)17-2/h3-9,12H,10-11H2,1-2H3,(H,17,18). The van der Waals surface area contributed by atoms with Gasteiger partial charge in [-0.1, -0.05) is 24.3 Å². The van der Waals surface area contributed by atoms with Gasteiger partial charge in [-0.3, -0.25) is 0 Å². The molecular formula is C16H19N3. The van der Waals surface area contributed by atoms with E-state index in [9.17, 15) is 0 Å². The van der Waals surface area contributed by atoms with Crippen LogP contribution in [0.1, 0.15) is 18.1 Å². The predicted octanol–water partition coefficient (Wildman–Crippen LogP) is 3.07. The van der Waals surface area contributed by atoms with Crippen LogP contribution in [0.5, 0.6) is 0 Å². The summed E-state index contributed by atoms with van der Waals surface area (Å²) in [4.78, 5) is 6.85. The number of hydrogen-bond donors (Lipinski definition) is 1. The number of nitrogens with one attached hydrogen (secondary N) is 1. The lowest BCUT2D eigenvalue weighted by Crippen LogP contribution is -2.29.